The summed E-state index contributed by atoms with van der Waals surface area (Å²) in [7, 11) is 0. The second-order valence-corrected chi connectivity index (χ2v) is 11.4. The van der Waals surface area contributed by atoms with Crippen molar-refractivity contribution in [3.63, 3.8) is 0 Å². The van der Waals surface area contributed by atoms with E-state index in [-0.39, 0.29) is 18.9 Å². The number of carbonyl (C=O) groups is 2. The Morgan fingerprint density at radius 3 is 2.23 bits per heavy atom. The summed E-state index contributed by atoms with van der Waals surface area (Å²) >= 11 is 0. The standard InChI is InChI=1S/C37H32F3N5O2/c38-37(39,40)32-15-10-27(11-16-32)14-19-35(46)44(23-29-12-17-33(18-13-29)45-26-41-25-42-45)34(22-28-6-2-1-3-7-28)36(47)43-21-20-30-8-4-5-9-31(30)24-43/h1-19,25-26,34H,20-24H2/b19-14+/t34-/m0/s1. The van der Waals surface area contributed by atoms with Crippen molar-refractivity contribution in [2.24, 2.45) is 0 Å². The summed E-state index contributed by atoms with van der Waals surface area (Å²) in [5.74, 6) is -0.601. The van der Waals surface area contributed by atoms with Crippen LogP contribution in [0.4, 0.5) is 13.2 Å². The topological polar surface area (TPSA) is 71.3 Å². The Labute approximate surface area is 270 Å². The quantitative estimate of drug-likeness (QED) is 0.173. The molecule has 0 bridgehead atoms. The van der Waals surface area contributed by atoms with Crippen LogP contribution in [0.15, 0.2) is 122 Å². The number of alkyl halides is 3. The summed E-state index contributed by atoms with van der Waals surface area (Å²) in [5.41, 5.74) is 4.42. The number of rotatable bonds is 9. The van der Waals surface area contributed by atoms with Gasteiger partial charge in [-0.25, -0.2) is 9.67 Å². The highest BCUT2D eigenvalue weighted by Crippen LogP contribution is 2.29. The maximum atomic E-state index is 14.4. The number of carbonyl (C=O) groups excluding carboxylic acids is 2. The van der Waals surface area contributed by atoms with E-state index in [0.717, 1.165) is 34.5 Å². The maximum Gasteiger partial charge on any atom is 0.416 e. The molecule has 0 N–H and O–H groups in total. The van der Waals surface area contributed by atoms with Gasteiger partial charge in [-0.2, -0.15) is 18.3 Å². The monoisotopic (exact) mass is 635 g/mol. The van der Waals surface area contributed by atoms with E-state index in [9.17, 15) is 22.8 Å². The highest BCUT2D eigenvalue weighted by atomic mass is 19.4. The number of amides is 2. The molecule has 0 radical (unpaired) electrons. The number of halogens is 3. The summed E-state index contributed by atoms with van der Waals surface area (Å²) in [5, 5.41) is 4.16. The van der Waals surface area contributed by atoms with Crippen molar-refractivity contribution in [1.29, 1.82) is 0 Å². The van der Waals surface area contributed by atoms with Gasteiger partial charge in [-0.05, 0) is 64.6 Å². The second kappa shape index (κ2) is 13.9. The molecule has 238 valence electrons. The van der Waals surface area contributed by atoms with E-state index in [1.54, 1.807) is 15.9 Å². The average Bonchev–Trinajstić information content (AvgIpc) is 3.64. The van der Waals surface area contributed by atoms with Crippen LogP contribution in [-0.4, -0.2) is 49.0 Å². The number of aromatic nitrogens is 3. The molecule has 7 nitrogen and oxygen atoms in total. The molecule has 47 heavy (non-hydrogen) atoms. The van der Waals surface area contributed by atoms with E-state index in [1.807, 2.05) is 77.7 Å². The third-order valence-electron chi connectivity index (χ3n) is 8.29. The van der Waals surface area contributed by atoms with Gasteiger partial charge in [-0.1, -0.05) is 78.9 Å². The molecule has 2 heterocycles. The molecule has 0 saturated carbocycles. The molecule has 0 fully saturated rings. The SMILES string of the molecule is O=C([C@H](Cc1ccccc1)N(Cc1ccc(-n2cncn2)cc1)C(=O)/C=C/c1ccc(C(F)(F)F)cc1)N1CCc2ccccc2C1. The van der Waals surface area contributed by atoms with Crippen molar-refractivity contribution in [3.05, 3.63) is 155 Å². The molecule has 1 aliphatic heterocycles. The molecule has 2 amide bonds. The van der Waals surface area contributed by atoms with Gasteiger partial charge in [-0.15, -0.1) is 0 Å². The first-order valence-electron chi connectivity index (χ1n) is 15.2. The molecule has 0 spiro atoms. The summed E-state index contributed by atoms with van der Waals surface area (Å²) in [4.78, 5) is 35.9. The Bertz CT molecular complexity index is 1840. The van der Waals surface area contributed by atoms with Crippen LogP contribution >= 0.6 is 0 Å². The first kappa shape index (κ1) is 31.5. The van der Waals surface area contributed by atoms with Gasteiger partial charge in [0.05, 0.1) is 11.3 Å². The van der Waals surface area contributed by atoms with Crippen LogP contribution in [0.3, 0.4) is 0 Å². The zero-order valence-corrected chi connectivity index (χ0v) is 25.4. The number of benzene rings is 4. The Morgan fingerprint density at radius 2 is 1.55 bits per heavy atom. The molecule has 6 rings (SSSR count). The van der Waals surface area contributed by atoms with Gasteiger partial charge >= 0.3 is 6.18 Å². The normalized spacial score (nSPS) is 13.7. The predicted molar refractivity (Wildman–Crippen MR) is 172 cm³/mol. The molecule has 1 aromatic heterocycles. The smallest absolute Gasteiger partial charge is 0.336 e. The fourth-order valence-corrected chi connectivity index (χ4v) is 5.74. The molecule has 1 atom stereocenters. The molecule has 1 aliphatic rings. The number of hydrogen-bond acceptors (Lipinski definition) is 4. The lowest BCUT2D eigenvalue weighted by atomic mass is 9.97. The predicted octanol–water partition coefficient (Wildman–Crippen LogP) is 6.52. The summed E-state index contributed by atoms with van der Waals surface area (Å²) in [6.45, 7) is 1.09. The Balaban J connectivity index is 1.33. The van der Waals surface area contributed by atoms with E-state index in [2.05, 4.69) is 16.1 Å². The lowest BCUT2D eigenvalue weighted by Crippen LogP contribution is -2.52. The van der Waals surface area contributed by atoms with E-state index < -0.39 is 23.7 Å². The van der Waals surface area contributed by atoms with Crippen molar-refractivity contribution in [2.75, 3.05) is 6.54 Å². The van der Waals surface area contributed by atoms with Crippen molar-refractivity contribution >= 4 is 17.9 Å². The largest absolute Gasteiger partial charge is 0.416 e. The lowest BCUT2D eigenvalue weighted by Gasteiger charge is -2.37. The third-order valence-corrected chi connectivity index (χ3v) is 8.29. The van der Waals surface area contributed by atoms with Crippen LogP contribution in [0.2, 0.25) is 0 Å². The van der Waals surface area contributed by atoms with Crippen molar-refractivity contribution < 1.29 is 22.8 Å². The van der Waals surface area contributed by atoms with Gasteiger partial charge in [0, 0.05) is 32.1 Å². The molecular formula is C37H32F3N5O2. The third kappa shape index (κ3) is 7.66. The first-order chi connectivity index (χ1) is 22.7. The molecule has 5 aromatic rings. The summed E-state index contributed by atoms with van der Waals surface area (Å²) in [6.07, 6.45) is 2.37. The van der Waals surface area contributed by atoms with Crippen molar-refractivity contribution in [1.82, 2.24) is 24.6 Å². The highest BCUT2D eigenvalue weighted by molar-refractivity contribution is 5.96. The van der Waals surface area contributed by atoms with Crippen LogP contribution < -0.4 is 0 Å². The van der Waals surface area contributed by atoms with Gasteiger partial charge in [0.2, 0.25) is 11.8 Å². The van der Waals surface area contributed by atoms with Crippen LogP contribution in [0.1, 0.15) is 33.4 Å². The Hall–Kier alpha value is -5.51. The van der Waals surface area contributed by atoms with Gasteiger partial charge in [0.25, 0.3) is 0 Å². The Morgan fingerprint density at radius 1 is 0.851 bits per heavy atom. The van der Waals surface area contributed by atoms with Crippen molar-refractivity contribution in [3.8, 4) is 5.69 Å². The van der Waals surface area contributed by atoms with Crippen LogP contribution in [0.5, 0.6) is 0 Å². The van der Waals surface area contributed by atoms with E-state index in [0.29, 0.717) is 25.1 Å². The van der Waals surface area contributed by atoms with Crippen LogP contribution in [0, 0.1) is 0 Å². The van der Waals surface area contributed by atoms with E-state index in [1.165, 1.54) is 36.2 Å². The van der Waals surface area contributed by atoms with Gasteiger partial charge in [0.1, 0.15) is 18.7 Å². The Kier molecular flexibility index (Phi) is 9.28. The molecule has 10 heteroatoms. The minimum Gasteiger partial charge on any atom is -0.336 e. The maximum absolute atomic E-state index is 14.4. The summed E-state index contributed by atoms with van der Waals surface area (Å²) in [6, 6.07) is 28.8. The molecule has 0 aliphatic carbocycles. The zero-order chi connectivity index (χ0) is 32.8. The highest BCUT2D eigenvalue weighted by Gasteiger charge is 2.34. The fourth-order valence-electron chi connectivity index (χ4n) is 5.74. The zero-order valence-electron chi connectivity index (χ0n) is 25.4. The average molecular weight is 636 g/mol. The number of nitrogens with zero attached hydrogens (tertiary/aromatic N) is 5. The van der Waals surface area contributed by atoms with Gasteiger partial charge in [0.15, 0.2) is 0 Å². The summed E-state index contributed by atoms with van der Waals surface area (Å²) < 4.78 is 40.9. The van der Waals surface area contributed by atoms with E-state index in [4.69, 9.17) is 0 Å². The lowest BCUT2D eigenvalue weighted by molar-refractivity contribution is -0.144. The molecule has 0 saturated heterocycles. The minimum atomic E-state index is -4.46. The molecule has 0 unspecified atom stereocenters. The number of fused-ring (bicyclic) bond motifs is 1. The number of hydrogen-bond donors (Lipinski definition) is 0. The van der Waals surface area contributed by atoms with Crippen LogP contribution in [0.25, 0.3) is 11.8 Å². The first-order valence-corrected chi connectivity index (χ1v) is 15.2. The van der Waals surface area contributed by atoms with Crippen molar-refractivity contribution in [2.45, 2.75) is 38.1 Å². The molecule has 4 aromatic carbocycles. The van der Waals surface area contributed by atoms with Gasteiger partial charge in [-0.3, -0.25) is 9.59 Å². The van der Waals surface area contributed by atoms with E-state index >= 15 is 0 Å². The minimum absolute atomic E-state index is 0.126. The van der Waals surface area contributed by atoms with Crippen LogP contribution in [-0.2, 0) is 41.7 Å². The molecular weight excluding hydrogens is 603 g/mol. The second-order valence-electron chi connectivity index (χ2n) is 11.4. The fraction of sp³-hybridized carbons (Fsp3) is 0.189. The van der Waals surface area contributed by atoms with Gasteiger partial charge < -0.3 is 9.80 Å².